The number of nitrogens with zero attached hydrogens (tertiary/aromatic N) is 2. The number of fused-ring (bicyclic) bond motifs is 7. The van der Waals surface area contributed by atoms with E-state index in [-0.39, 0.29) is 0 Å². The van der Waals surface area contributed by atoms with Gasteiger partial charge in [0.2, 0.25) is 0 Å². The zero-order valence-corrected chi connectivity index (χ0v) is 27.3. The van der Waals surface area contributed by atoms with Crippen molar-refractivity contribution in [3.63, 3.8) is 0 Å². The molecule has 228 valence electrons. The van der Waals surface area contributed by atoms with Gasteiger partial charge in [-0.1, -0.05) is 146 Å². The summed E-state index contributed by atoms with van der Waals surface area (Å²) >= 11 is 1.86. The van der Waals surface area contributed by atoms with Crippen molar-refractivity contribution in [3.8, 4) is 45.0 Å². The Labute approximate surface area is 287 Å². The highest BCUT2D eigenvalue weighted by Gasteiger charge is 2.18. The molecular weight excluding hydrogens is 613 g/mol. The van der Waals surface area contributed by atoms with Crippen LogP contribution in [0.3, 0.4) is 0 Å². The smallest absolute Gasteiger partial charge is 0.160 e. The second kappa shape index (κ2) is 11.2. The van der Waals surface area contributed by atoms with Gasteiger partial charge >= 0.3 is 0 Å². The molecule has 8 aromatic carbocycles. The Kier molecular flexibility index (Phi) is 6.39. The summed E-state index contributed by atoms with van der Waals surface area (Å²) in [4.78, 5) is 10.6. The van der Waals surface area contributed by atoms with E-state index >= 15 is 0 Å². The monoisotopic (exact) mass is 640 g/mol. The lowest BCUT2D eigenvalue weighted by Crippen LogP contribution is -1.97. The SMILES string of the molecule is c1ccc(-c2nc(-c3cccc(-c4cccc5c4sc4ccccc45)c3)cc(-c3c4ccccc4cc4ccc5ccccc5c34)n2)cc1. The molecule has 10 aromatic rings. The third-order valence-electron chi connectivity index (χ3n) is 9.64. The van der Waals surface area contributed by atoms with Gasteiger partial charge in [0.15, 0.2) is 5.82 Å². The van der Waals surface area contributed by atoms with Gasteiger partial charge in [-0.3, -0.25) is 0 Å². The number of hydrogen-bond acceptors (Lipinski definition) is 3. The van der Waals surface area contributed by atoms with Crippen LogP contribution in [0.25, 0.3) is 97.5 Å². The molecule has 0 fully saturated rings. The third-order valence-corrected chi connectivity index (χ3v) is 10.9. The van der Waals surface area contributed by atoms with Crippen LogP contribution in [0, 0.1) is 0 Å². The predicted molar refractivity (Wildman–Crippen MR) is 209 cm³/mol. The third kappa shape index (κ3) is 4.62. The van der Waals surface area contributed by atoms with Gasteiger partial charge in [-0.05, 0) is 67.7 Å². The van der Waals surface area contributed by atoms with Crippen LogP contribution in [-0.2, 0) is 0 Å². The van der Waals surface area contributed by atoms with Gasteiger partial charge in [-0.15, -0.1) is 11.3 Å². The first-order valence-corrected chi connectivity index (χ1v) is 17.4. The average molecular weight is 641 g/mol. The summed E-state index contributed by atoms with van der Waals surface area (Å²) in [6, 6.07) is 60.8. The molecule has 10 rings (SSSR count). The van der Waals surface area contributed by atoms with Gasteiger partial charge in [-0.25, -0.2) is 9.97 Å². The molecule has 0 radical (unpaired) electrons. The van der Waals surface area contributed by atoms with Gasteiger partial charge in [0.1, 0.15) is 0 Å². The van der Waals surface area contributed by atoms with Crippen LogP contribution in [0.5, 0.6) is 0 Å². The number of aromatic nitrogens is 2. The maximum atomic E-state index is 5.34. The molecule has 2 aromatic heterocycles. The highest BCUT2D eigenvalue weighted by Crippen LogP contribution is 2.43. The zero-order valence-electron chi connectivity index (χ0n) is 26.5. The molecule has 0 spiro atoms. The molecule has 3 heteroatoms. The van der Waals surface area contributed by atoms with E-state index in [0.29, 0.717) is 5.82 Å². The topological polar surface area (TPSA) is 25.8 Å². The molecule has 0 saturated carbocycles. The normalized spacial score (nSPS) is 11.7. The van der Waals surface area contributed by atoms with Crippen molar-refractivity contribution >= 4 is 63.8 Å². The van der Waals surface area contributed by atoms with E-state index in [9.17, 15) is 0 Å². The van der Waals surface area contributed by atoms with Crippen LogP contribution < -0.4 is 0 Å². The fraction of sp³-hybridized carbons (Fsp3) is 0. The van der Waals surface area contributed by atoms with E-state index in [4.69, 9.17) is 9.97 Å². The van der Waals surface area contributed by atoms with E-state index in [2.05, 4.69) is 164 Å². The van der Waals surface area contributed by atoms with Gasteiger partial charge < -0.3 is 0 Å². The second-order valence-electron chi connectivity index (χ2n) is 12.5. The molecular formula is C46H28N2S. The van der Waals surface area contributed by atoms with Crippen molar-refractivity contribution < 1.29 is 0 Å². The lowest BCUT2D eigenvalue weighted by Gasteiger charge is -2.16. The van der Waals surface area contributed by atoms with Crippen molar-refractivity contribution in [2.75, 3.05) is 0 Å². The van der Waals surface area contributed by atoms with Crippen LogP contribution in [0.2, 0.25) is 0 Å². The average Bonchev–Trinajstić information content (AvgIpc) is 3.56. The minimum atomic E-state index is 0.714. The Balaban J connectivity index is 1.24. The van der Waals surface area contributed by atoms with Gasteiger partial charge in [0, 0.05) is 36.9 Å². The summed E-state index contributed by atoms with van der Waals surface area (Å²) in [5, 5.41) is 9.84. The highest BCUT2D eigenvalue weighted by molar-refractivity contribution is 7.26. The first kappa shape index (κ1) is 27.9. The van der Waals surface area contributed by atoms with Crippen LogP contribution in [0.15, 0.2) is 170 Å². The quantitative estimate of drug-likeness (QED) is 0.141. The molecule has 2 heterocycles. The summed E-state index contributed by atoms with van der Waals surface area (Å²) in [5.41, 5.74) is 7.42. The molecule has 0 N–H and O–H groups in total. The number of hydrogen-bond donors (Lipinski definition) is 0. The summed E-state index contributed by atoms with van der Waals surface area (Å²) in [5.74, 6) is 0.714. The Hall–Kier alpha value is -6.16. The van der Waals surface area contributed by atoms with E-state index in [0.717, 1.165) is 28.1 Å². The maximum absolute atomic E-state index is 5.34. The van der Waals surface area contributed by atoms with Crippen molar-refractivity contribution in [2.45, 2.75) is 0 Å². The van der Waals surface area contributed by atoms with Crippen molar-refractivity contribution in [2.24, 2.45) is 0 Å². The number of rotatable bonds is 4. The molecule has 0 aliphatic rings. The Morgan fingerprint density at radius 3 is 1.94 bits per heavy atom. The van der Waals surface area contributed by atoms with Crippen molar-refractivity contribution in [3.05, 3.63) is 170 Å². The van der Waals surface area contributed by atoms with Crippen LogP contribution in [0.4, 0.5) is 0 Å². The largest absolute Gasteiger partial charge is 0.228 e. The Bertz CT molecular complexity index is 2890. The standard InChI is InChI=1S/C46H28N2S/c1-2-13-30(14-3-1)46-47-40(33-17-10-16-32(26-33)37-21-11-22-39-38-20-8-9-23-42(38)49-45(37)39)28-41(48-46)44-36-19-7-5-15-31(36)27-34-25-24-29-12-4-6-18-35(29)43(34)44/h1-28H. The Morgan fingerprint density at radius 2 is 1.04 bits per heavy atom. The highest BCUT2D eigenvalue weighted by atomic mass is 32.1. The number of benzene rings is 8. The van der Waals surface area contributed by atoms with E-state index in [1.54, 1.807) is 0 Å². The fourth-order valence-corrected chi connectivity index (χ4v) is 8.60. The predicted octanol–water partition coefficient (Wildman–Crippen LogP) is 13.0. The second-order valence-corrected chi connectivity index (χ2v) is 13.6. The fourth-order valence-electron chi connectivity index (χ4n) is 7.37. The molecule has 0 aliphatic carbocycles. The van der Waals surface area contributed by atoms with E-state index in [1.807, 2.05) is 17.4 Å². The molecule has 2 nitrogen and oxygen atoms in total. The molecule has 49 heavy (non-hydrogen) atoms. The first-order chi connectivity index (χ1) is 24.3. The molecule has 0 amide bonds. The lowest BCUT2D eigenvalue weighted by molar-refractivity contribution is 1.19. The van der Waals surface area contributed by atoms with Crippen molar-refractivity contribution in [1.29, 1.82) is 0 Å². The molecule has 0 unspecified atom stereocenters. The number of thiophene rings is 1. The maximum Gasteiger partial charge on any atom is 0.160 e. The van der Waals surface area contributed by atoms with Gasteiger partial charge in [-0.2, -0.15) is 0 Å². The molecule has 0 aliphatic heterocycles. The Morgan fingerprint density at radius 1 is 0.388 bits per heavy atom. The summed E-state index contributed by atoms with van der Waals surface area (Å²) in [6.07, 6.45) is 0. The van der Waals surface area contributed by atoms with E-state index in [1.165, 1.54) is 63.6 Å². The van der Waals surface area contributed by atoms with Crippen LogP contribution >= 0.6 is 11.3 Å². The zero-order chi connectivity index (χ0) is 32.3. The summed E-state index contributed by atoms with van der Waals surface area (Å²) < 4.78 is 2.62. The summed E-state index contributed by atoms with van der Waals surface area (Å²) in [6.45, 7) is 0. The van der Waals surface area contributed by atoms with Crippen molar-refractivity contribution in [1.82, 2.24) is 9.97 Å². The molecule has 0 bridgehead atoms. The van der Waals surface area contributed by atoms with Gasteiger partial charge in [0.05, 0.1) is 11.4 Å². The minimum Gasteiger partial charge on any atom is -0.228 e. The van der Waals surface area contributed by atoms with Gasteiger partial charge in [0.25, 0.3) is 0 Å². The minimum absolute atomic E-state index is 0.714. The van der Waals surface area contributed by atoms with Crippen LogP contribution in [-0.4, -0.2) is 9.97 Å². The van der Waals surface area contributed by atoms with E-state index < -0.39 is 0 Å². The lowest BCUT2D eigenvalue weighted by atomic mass is 9.90. The van der Waals surface area contributed by atoms with Crippen LogP contribution in [0.1, 0.15) is 0 Å². The summed E-state index contributed by atoms with van der Waals surface area (Å²) in [7, 11) is 0. The molecule has 0 saturated heterocycles. The first-order valence-electron chi connectivity index (χ1n) is 16.6. The molecule has 0 atom stereocenters.